The first-order valence-electron chi connectivity index (χ1n) is 10.3. The lowest BCUT2D eigenvalue weighted by atomic mass is 10.2. The molecule has 0 radical (unpaired) electrons. The highest BCUT2D eigenvalue weighted by Gasteiger charge is 2.23. The number of halogens is 1. The summed E-state index contributed by atoms with van der Waals surface area (Å²) in [5.74, 6) is 0.716. The lowest BCUT2D eigenvalue weighted by Gasteiger charge is -2.33. The summed E-state index contributed by atoms with van der Waals surface area (Å²) in [6.45, 7) is 8.07. The van der Waals surface area contributed by atoms with Crippen LogP contribution in [0.15, 0.2) is 54.6 Å². The van der Waals surface area contributed by atoms with Gasteiger partial charge in [0, 0.05) is 16.8 Å². The molecule has 1 aromatic heterocycles. The molecule has 0 bridgehead atoms. The largest absolute Gasteiger partial charge is 0.360 e. The first-order chi connectivity index (χ1) is 14.5. The molecule has 0 unspecified atom stereocenters. The summed E-state index contributed by atoms with van der Waals surface area (Å²) in [4.78, 5) is 16.3. The van der Waals surface area contributed by atoms with Crippen molar-refractivity contribution in [3.05, 3.63) is 70.9 Å². The highest BCUT2D eigenvalue weighted by molar-refractivity contribution is 6.30. The van der Waals surface area contributed by atoms with E-state index in [2.05, 4.69) is 28.3 Å². The molecule has 0 spiro atoms. The maximum absolute atomic E-state index is 12.7. The fourth-order valence-electron chi connectivity index (χ4n) is 3.82. The van der Waals surface area contributed by atoms with Gasteiger partial charge in [-0.3, -0.25) is 4.79 Å². The molecule has 1 saturated heterocycles. The zero-order chi connectivity index (χ0) is 21.1. The number of carbonyl (C=O) groups is 1. The Labute approximate surface area is 182 Å². The van der Waals surface area contributed by atoms with Crippen LogP contribution in [0.25, 0.3) is 5.69 Å². The highest BCUT2D eigenvalue weighted by Crippen LogP contribution is 2.19. The molecular weight excluding hydrogens is 398 g/mol. The third-order valence-electron chi connectivity index (χ3n) is 5.43. The molecule has 4 rings (SSSR count). The summed E-state index contributed by atoms with van der Waals surface area (Å²) >= 11 is 6.11. The van der Waals surface area contributed by atoms with Crippen LogP contribution in [0, 0.1) is 13.8 Å². The number of hydrogen-bond acceptors (Lipinski definition) is 3. The van der Waals surface area contributed by atoms with Crippen LogP contribution in [0.5, 0.6) is 0 Å². The lowest BCUT2D eigenvalue weighted by molar-refractivity contribution is -0.892. The van der Waals surface area contributed by atoms with E-state index in [1.807, 2.05) is 55.5 Å². The Balaban J connectivity index is 1.35. The first-order valence-corrected chi connectivity index (χ1v) is 10.6. The first kappa shape index (κ1) is 20.4. The van der Waals surface area contributed by atoms with Crippen LogP contribution >= 0.6 is 11.6 Å². The molecule has 156 valence electrons. The van der Waals surface area contributed by atoms with E-state index < -0.39 is 0 Å². The third-order valence-corrected chi connectivity index (χ3v) is 5.67. The lowest BCUT2D eigenvalue weighted by Crippen LogP contribution is -3.15. The second kappa shape index (κ2) is 8.90. The van der Waals surface area contributed by atoms with Gasteiger partial charge in [-0.05, 0) is 44.2 Å². The molecule has 0 saturated carbocycles. The Kier molecular flexibility index (Phi) is 6.06. The van der Waals surface area contributed by atoms with E-state index in [-0.39, 0.29) is 5.91 Å². The van der Waals surface area contributed by atoms with Gasteiger partial charge in [0.1, 0.15) is 5.82 Å². The van der Waals surface area contributed by atoms with Crippen molar-refractivity contribution in [2.24, 2.45) is 0 Å². The summed E-state index contributed by atoms with van der Waals surface area (Å²) < 4.78 is 1.79. The van der Waals surface area contributed by atoms with Crippen LogP contribution in [-0.2, 0) is 4.79 Å². The van der Waals surface area contributed by atoms with E-state index in [0.717, 1.165) is 48.3 Å². The molecule has 30 heavy (non-hydrogen) atoms. The fraction of sp³-hybridized carbons (Fsp3) is 0.304. The molecule has 1 aliphatic heterocycles. The molecular formula is C23H27ClN5O+. The van der Waals surface area contributed by atoms with Crippen LogP contribution in [0.2, 0.25) is 5.02 Å². The van der Waals surface area contributed by atoms with Gasteiger partial charge in [0.05, 0.1) is 37.6 Å². The molecule has 1 fully saturated rings. The second-order valence-electron chi connectivity index (χ2n) is 7.86. The third kappa shape index (κ3) is 4.83. The Morgan fingerprint density at radius 2 is 1.80 bits per heavy atom. The number of carbonyl (C=O) groups excluding carboxylic acids is 1. The molecule has 6 nitrogen and oxygen atoms in total. The van der Waals surface area contributed by atoms with Crippen LogP contribution in [0.4, 0.5) is 11.5 Å². The van der Waals surface area contributed by atoms with Crippen molar-refractivity contribution in [2.75, 3.05) is 42.9 Å². The topological polar surface area (TPSA) is 54.6 Å². The maximum Gasteiger partial charge on any atom is 0.280 e. The van der Waals surface area contributed by atoms with Crippen molar-refractivity contribution in [3.63, 3.8) is 0 Å². The summed E-state index contributed by atoms with van der Waals surface area (Å²) in [6, 6.07) is 18.0. The maximum atomic E-state index is 12.7. The van der Waals surface area contributed by atoms with E-state index in [4.69, 9.17) is 11.6 Å². The number of nitrogens with one attached hydrogen (secondary N) is 2. The van der Waals surface area contributed by atoms with Crippen molar-refractivity contribution in [1.82, 2.24) is 9.78 Å². The Hall–Kier alpha value is -2.83. The summed E-state index contributed by atoms with van der Waals surface area (Å²) in [5, 5.41) is 8.34. The molecule has 7 heteroatoms. The van der Waals surface area contributed by atoms with Gasteiger partial charge in [-0.25, -0.2) is 4.68 Å². The summed E-state index contributed by atoms with van der Waals surface area (Å²) in [6.07, 6.45) is 0. The Morgan fingerprint density at radius 3 is 2.50 bits per heavy atom. The number of nitrogens with zero attached hydrogens (tertiary/aromatic N) is 3. The number of piperazine rings is 1. The Bertz CT molecular complexity index is 1020. The van der Waals surface area contributed by atoms with Crippen molar-refractivity contribution in [1.29, 1.82) is 0 Å². The zero-order valence-corrected chi connectivity index (χ0v) is 18.1. The number of rotatable bonds is 5. The SMILES string of the molecule is Cc1ccc(-n2nc(C)cc2NC(=O)C[NH+]2CCN(c3cccc(Cl)c3)CC2)cc1. The smallest absolute Gasteiger partial charge is 0.280 e. The molecule has 0 atom stereocenters. The Morgan fingerprint density at radius 1 is 1.07 bits per heavy atom. The minimum absolute atomic E-state index is 0.00877. The number of anilines is 2. The monoisotopic (exact) mass is 424 g/mol. The number of aromatic nitrogens is 2. The van der Waals surface area contributed by atoms with Crippen molar-refractivity contribution in [3.8, 4) is 5.69 Å². The average Bonchev–Trinajstić information content (AvgIpc) is 3.09. The number of aryl methyl sites for hydroxylation is 2. The highest BCUT2D eigenvalue weighted by atomic mass is 35.5. The van der Waals surface area contributed by atoms with Crippen LogP contribution in [-0.4, -0.2) is 48.4 Å². The van der Waals surface area contributed by atoms with Crippen molar-refractivity contribution < 1.29 is 9.69 Å². The van der Waals surface area contributed by atoms with E-state index in [0.29, 0.717) is 12.4 Å². The van der Waals surface area contributed by atoms with Gasteiger partial charge in [0.2, 0.25) is 0 Å². The number of benzene rings is 2. The molecule has 2 heterocycles. The van der Waals surface area contributed by atoms with E-state index in [1.54, 1.807) is 4.68 Å². The van der Waals surface area contributed by atoms with Gasteiger partial charge >= 0.3 is 0 Å². The minimum Gasteiger partial charge on any atom is -0.360 e. The second-order valence-corrected chi connectivity index (χ2v) is 8.30. The average molecular weight is 425 g/mol. The van der Waals surface area contributed by atoms with Crippen LogP contribution < -0.4 is 15.1 Å². The number of hydrogen-bond donors (Lipinski definition) is 2. The van der Waals surface area contributed by atoms with Gasteiger partial charge < -0.3 is 15.1 Å². The standard InChI is InChI=1S/C23H26ClN5O/c1-17-6-8-20(9-7-17)29-22(14-18(2)26-29)25-23(30)16-27-10-12-28(13-11-27)21-5-3-4-19(24)15-21/h3-9,14-15H,10-13,16H2,1-2H3,(H,25,30)/p+1. The van der Waals surface area contributed by atoms with Crippen LogP contribution in [0.3, 0.4) is 0 Å². The quantitative estimate of drug-likeness (QED) is 0.661. The van der Waals surface area contributed by atoms with E-state index >= 15 is 0 Å². The summed E-state index contributed by atoms with van der Waals surface area (Å²) in [7, 11) is 0. The number of quaternary nitrogens is 1. The van der Waals surface area contributed by atoms with Crippen molar-refractivity contribution >= 4 is 29.0 Å². The number of amides is 1. The zero-order valence-electron chi connectivity index (χ0n) is 17.4. The predicted molar refractivity (Wildman–Crippen MR) is 121 cm³/mol. The van der Waals surface area contributed by atoms with Gasteiger partial charge in [0.15, 0.2) is 6.54 Å². The molecule has 2 aromatic carbocycles. The molecule has 1 amide bonds. The van der Waals surface area contributed by atoms with Gasteiger partial charge in [-0.1, -0.05) is 35.4 Å². The molecule has 0 aliphatic carbocycles. The van der Waals surface area contributed by atoms with E-state index in [9.17, 15) is 4.79 Å². The fourth-order valence-corrected chi connectivity index (χ4v) is 4.00. The van der Waals surface area contributed by atoms with E-state index in [1.165, 1.54) is 10.5 Å². The van der Waals surface area contributed by atoms with Gasteiger partial charge in [-0.15, -0.1) is 0 Å². The summed E-state index contributed by atoms with van der Waals surface area (Å²) in [5.41, 5.74) is 4.14. The van der Waals surface area contributed by atoms with Crippen molar-refractivity contribution in [2.45, 2.75) is 13.8 Å². The minimum atomic E-state index is 0.00877. The van der Waals surface area contributed by atoms with Gasteiger partial charge in [0.25, 0.3) is 5.91 Å². The molecule has 3 aromatic rings. The molecule has 2 N–H and O–H groups in total. The normalized spacial score (nSPS) is 14.7. The van der Waals surface area contributed by atoms with Crippen LogP contribution in [0.1, 0.15) is 11.3 Å². The molecule has 1 aliphatic rings. The van der Waals surface area contributed by atoms with Gasteiger partial charge in [-0.2, -0.15) is 5.10 Å². The predicted octanol–water partition coefficient (Wildman–Crippen LogP) is 2.49.